The molecule has 146 valence electrons. The van der Waals surface area contributed by atoms with Crippen molar-refractivity contribution in [3.63, 3.8) is 0 Å². The Balaban J connectivity index is 1.58. The normalized spacial score (nSPS) is 16.5. The summed E-state index contributed by atoms with van der Waals surface area (Å²) in [6, 6.07) is 12.2. The molecule has 1 aliphatic rings. The van der Waals surface area contributed by atoms with E-state index >= 15 is 0 Å². The van der Waals surface area contributed by atoms with Crippen molar-refractivity contribution >= 4 is 29.0 Å². The molecular weight excluding hydrogens is 390 g/mol. The molecule has 1 aliphatic heterocycles. The van der Waals surface area contributed by atoms with Crippen LogP contribution in [-0.4, -0.2) is 28.2 Å². The molecular formula is C21H23N3O2S2. The van der Waals surface area contributed by atoms with E-state index in [0.717, 1.165) is 53.8 Å². The van der Waals surface area contributed by atoms with Crippen LogP contribution >= 0.6 is 23.1 Å². The monoisotopic (exact) mass is 413 g/mol. The Labute approximate surface area is 172 Å². The number of amides is 1. The number of carbonyl (C=O) groups excluding carboxylic acids is 1. The van der Waals surface area contributed by atoms with E-state index < -0.39 is 5.91 Å². The van der Waals surface area contributed by atoms with Gasteiger partial charge in [0.2, 0.25) is 0 Å². The predicted molar refractivity (Wildman–Crippen MR) is 114 cm³/mol. The number of hydrogen-bond acceptors (Lipinski definition) is 5. The summed E-state index contributed by atoms with van der Waals surface area (Å²) in [7, 11) is 0. The van der Waals surface area contributed by atoms with E-state index in [9.17, 15) is 4.79 Å². The molecule has 1 fully saturated rings. The molecule has 0 saturated carbocycles. The van der Waals surface area contributed by atoms with Crippen LogP contribution in [0.4, 0.5) is 0 Å². The fraction of sp³-hybridized carbons (Fsp3) is 0.333. The second kappa shape index (κ2) is 8.51. The van der Waals surface area contributed by atoms with Gasteiger partial charge in [-0.15, -0.1) is 23.1 Å². The topological polar surface area (TPSA) is 70.1 Å². The first-order valence-electron chi connectivity index (χ1n) is 9.36. The van der Waals surface area contributed by atoms with Gasteiger partial charge >= 0.3 is 0 Å². The number of carbonyl (C=O) groups is 1. The zero-order chi connectivity index (χ0) is 19.5. The van der Waals surface area contributed by atoms with Gasteiger partial charge in [-0.3, -0.25) is 4.79 Å². The summed E-state index contributed by atoms with van der Waals surface area (Å²) < 4.78 is 7.95. The van der Waals surface area contributed by atoms with Crippen LogP contribution < -0.4 is 5.73 Å². The van der Waals surface area contributed by atoms with Crippen LogP contribution in [0.3, 0.4) is 0 Å². The number of thiazole rings is 1. The van der Waals surface area contributed by atoms with Gasteiger partial charge in [0.15, 0.2) is 0 Å². The largest absolute Gasteiger partial charge is 0.376 e. The zero-order valence-corrected chi connectivity index (χ0v) is 17.4. The first-order valence-corrected chi connectivity index (χ1v) is 11.2. The van der Waals surface area contributed by atoms with Crippen LogP contribution in [0.1, 0.15) is 33.9 Å². The summed E-state index contributed by atoms with van der Waals surface area (Å²) in [4.78, 5) is 17.9. The maximum absolute atomic E-state index is 11.9. The number of thioether (sulfide) groups is 1. The van der Waals surface area contributed by atoms with Crippen molar-refractivity contribution in [1.82, 2.24) is 9.55 Å². The van der Waals surface area contributed by atoms with Crippen LogP contribution in [0, 0.1) is 6.92 Å². The van der Waals surface area contributed by atoms with Gasteiger partial charge in [0.05, 0.1) is 28.8 Å². The predicted octanol–water partition coefficient (Wildman–Crippen LogP) is 4.49. The summed E-state index contributed by atoms with van der Waals surface area (Å²) in [5.41, 5.74) is 8.86. The number of nitrogens with two attached hydrogens (primary N) is 1. The molecule has 3 aromatic rings. The molecule has 0 bridgehead atoms. The summed E-state index contributed by atoms with van der Waals surface area (Å²) in [5, 5.41) is 3.12. The number of primary amides is 1. The van der Waals surface area contributed by atoms with E-state index in [4.69, 9.17) is 15.5 Å². The standard InChI is InChI=1S/C21H23N3O2S2/c1-14-17(21(22)25)10-19(24(14)11-15-6-5-9-26-15)18-12-28-20(23-18)13-27-16-7-3-2-4-8-16/h2-4,7-8,10,12,15H,5-6,9,11,13H2,1H3,(H2,22,25). The van der Waals surface area contributed by atoms with E-state index in [1.54, 1.807) is 23.1 Å². The van der Waals surface area contributed by atoms with Crippen molar-refractivity contribution in [3.05, 3.63) is 58.0 Å². The average Bonchev–Trinajstić information content (AvgIpc) is 3.43. The molecule has 2 N–H and O–H groups in total. The van der Waals surface area contributed by atoms with E-state index in [2.05, 4.69) is 22.1 Å². The van der Waals surface area contributed by atoms with Gasteiger partial charge in [-0.1, -0.05) is 18.2 Å². The van der Waals surface area contributed by atoms with Gasteiger partial charge in [0.1, 0.15) is 5.01 Å². The lowest BCUT2D eigenvalue weighted by Crippen LogP contribution is -2.18. The van der Waals surface area contributed by atoms with E-state index in [0.29, 0.717) is 5.56 Å². The Hall–Kier alpha value is -2.09. The van der Waals surface area contributed by atoms with Gasteiger partial charge in [-0.25, -0.2) is 4.98 Å². The zero-order valence-electron chi connectivity index (χ0n) is 15.8. The molecule has 1 aromatic carbocycles. The van der Waals surface area contributed by atoms with E-state index in [1.807, 2.05) is 31.2 Å². The highest BCUT2D eigenvalue weighted by atomic mass is 32.2. The van der Waals surface area contributed by atoms with E-state index in [-0.39, 0.29) is 6.10 Å². The molecule has 5 nitrogen and oxygen atoms in total. The highest BCUT2D eigenvalue weighted by Gasteiger charge is 2.23. The molecule has 1 unspecified atom stereocenters. The Bertz CT molecular complexity index is 959. The van der Waals surface area contributed by atoms with Crippen molar-refractivity contribution < 1.29 is 9.53 Å². The fourth-order valence-corrected chi connectivity index (χ4v) is 5.22. The minimum absolute atomic E-state index is 0.178. The molecule has 3 heterocycles. The second-order valence-corrected chi connectivity index (χ2v) is 8.86. The third kappa shape index (κ3) is 4.16. The van der Waals surface area contributed by atoms with E-state index in [1.165, 1.54) is 4.90 Å². The number of nitrogens with zero attached hydrogens (tertiary/aromatic N) is 2. The smallest absolute Gasteiger partial charge is 0.250 e. The summed E-state index contributed by atoms with van der Waals surface area (Å²) in [6.07, 6.45) is 2.30. The molecule has 1 saturated heterocycles. The second-order valence-electron chi connectivity index (χ2n) is 6.87. The summed E-state index contributed by atoms with van der Waals surface area (Å²) in [6.45, 7) is 3.47. The maximum Gasteiger partial charge on any atom is 0.250 e. The van der Waals surface area contributed by atoms with Crippen molar-refractivity contribution in [2.45, 2.75) is 43.1 Å². The van der Waals surface area contributed by atoms with Crippen molar-refractivity contribution in [3.8, 4) is 11.4 Å². The number of aromatic nitrogens is 2. The lowest BCUT2D eigenvalue weighted by molar-refractivity contribution is 0.0961. The molecule has 7 heteroatoms. The maximum atomic E-state index is 11.9. The van der Waals surface area contributed by atoms with Gasteiger partial charge in [0, 0.05) is 29.1 Å². The molecule has 28 heavy (non-hydrogen) atoms. The lowest BCUT2D eigenvalue weighted by atomic mass is 10.2. The minimum atomic E-state index is -0.403. The van der Waals surface area contributed by atoms with Gasteiger partial charge in [-0.2, -0.15) is 0 Å². The lowest BCUT2D eigenvalue weighted by Gasteiger charge is -2.15. The molecule has 0 radical (unpaired) electrons. The van der Waals surface area contributed by atoms with Crippen LogP contribution in [0.25, 0.3) is 11.4 Å². The molecule has 2 aromatic heterocycles. The molecule has 1 amide bonds. The summed E-state index contributed by atoms with van der Waals surface area (Å²) >= 11 is 3.42. The van der Waals surface area contributed by atoms with Gasteiger partial charge < -0.3 is 15.0 Å². The Kier molecular flexibility index (Phi) is 5.85. The molecule has 0 spiro atoms. The molecule has 0 aliphatic carbocycles. The van der Waals surface area contributed by atoms with Crippen LogP contribution in [-0.2, 0) is 17.0 Å². The number of hydrogen-bond donors (Lipinski definition) is 1. The number of rotatable bonds is 7. The van der Waals surface area contributed by atoms with Crippen LogP contribution in [0.2, 0.25) is 0 Å². The number of ether oxygens (including phenoxy) is 1. The Morgan fingerprint density at radius 2 is 2.21 bits per heavy atom. The average molecular weight is 414 g/mol. The SMILES string of the molecule is Cc1c(C(N)=O)cc(-c2csc(CSc3ccccc3)n2)n1CC1CCCO1. The third-order valence-corrected chi connectivity index (χ3v) is 7.02. The first-order chi connectivity index (χ1) is 13.6. The molecule has 4 rings (SSSR count). The van der Waals surface area contributed by atoms with Crippen molar-refractivity contribution in [2.24, 2.45) is 5.73 Å². The number of benzene rings is 1. The van der Waals surface area contributed by atoms with Crippen LogP contribution in [0.5, 0.6) is 0 Å². The first kappa shape index (κ1) is 19.2. The van der Waals surface area contributed by atoms with Crippen LogP contribution in [0.15, 0.2) is 46.7 Å². The quantitative estimate of drug-likeness (QED) is 0.580. The highest BCUT2D eigenvalue weighted by Crippen LogP contribution is 2.31. The highest BCUT2D eigenvalue weighted by molar-refractivity contribution is 7.98. The summed E-state index contributed by atoms with van der Waals surface area (Å²) in [5.74, 6) is 0.419. The third-order valence-electron chi connectivity index (χ3n) is 4.96. The van der Waals surface area contributed by atoms with Gasteiger partial charge in [0.25, 0.3) is 5.91 Å². The fourth-order valence-electron chi connectivity index (χ4n) is 3.49. The Morgan fingerprint density at radius 1 is 1.39 bits per heavy atom. The van der Waals surface area contributed by atoms with Crippen molar-refractivity contribution in [2.75, 3.05) is 6.61 Å². The molecule has 1 atom stereocenters. The van der Waals surface area contributed by atoms with Gasteiger partial charge in [-0.05, 0) is 38.0 Å². The Morgan fingerprint density at radius 3 is 2.93 bits per heavy atom. The minimum Gasteiger partial charge on any atom is -0.376 e. The van der Waals surface area contributed by atoms with Crippen molar-refractivity contribution in [1.29, 1.82) is 0 Å².